The van der Waals surface area contributed by atoms with E-state index in [1.165, 1.54) is 17.9 Å². The van der Waals surface area contributed by atoms with Crippen molar-refractivity contribution in [2.75, 3.05) is 17.3 Å². The molecular weight excluding hydrogens is 252 g/mol. The summed E-state index contributed by atoms with van der Waals surface area (Å²) in [4.78, 5) is 0. The van der Waals surface area contributed by atoms with Gasteiger partial charge >= 0.3 is 0 Å². The average Bonchev–Trinajstić information content (AvgIpc) is 2.72. The zero-order chi connectivity index (χ0) is 12.7. The normalized spacial score (nSPS) is 11.4. The number of rotatable bonds is 8. The summed E-state index contributed by atoms with van der Waals surface area (Å²) in [5.41, 5.74) is 5.66. The summed E-state index contributed by atoms with van der Waals surface area (Å²) in [5.74, 6) is 4.40. The van der Waals surface area contributed by atoms with Crippen molar-refractivity contribution < 1.29 is 0 Å². The topological polar surface area (TPSA) is 56.7 Å². The average molecular weight is 274 g/mol. The minimum absolute atomic E-state index is 0.371. The molecule has 0 aliphatic rings. The quantitative estimate of drug-likeness (QED) is 0.583. The van der Waals surface area contributed by atoms with Gasteiger partial charge in [-0.2, -0.15) is 11.8 Å². The molecule has 2 N–H and O–H groups in total. The highest BCUT2D eigenvalue weighted by atomic mass is 32.2. The summed E-state index contributed by atoms with van der Waals surface area (Å²) in [5, 5.41) is 9.35. The Bertz CT molecular complexity index is 325. The van der Waals surface area contributed by atoms with Crippen LogP contribution in [-0.4, -0.2) is 32.0 Å². The maximum Gasteiger partial charge on any atom is 0.191 e. The number of thioether (sulfide) groups is 2. The van der Waals surface area contributed by atoms with Gasteiger partial charge < -0.3 is 10.3 Å². The first kappa shape index (κ1) is 14.9. The van der Waals surface area contributed by atoms with Crippen LogP contribution in [0.1, 0.15) is 39.1 Å². The third-order valence-electron chi connectivity index (χ3n) is 2.30. The summed E-state index contributed by atoms with van der Waals surface area (Å²) >= 11 is 3.77. The van der Waals surface area contributed by atoms with Crippen LogP contribution >= 0.6 is 23.5 Å². The van der Waals surface area contributed by atoms with Gasteiger partial charge in [-0.15, -0.1) is 10.2 Å². The van der Waals surface area contributed by atoms with Crippen molar-refractivity contribution in [3.8, 4) is 0 Å². The van der Waals surface area contributed by atoms with E-state index < -0.39 is 0 Å². The summed E-state index contributed by atoms with van der Waals surface area (Å²) in [6.45, 7) is 6.93. The van der Waals surface area contributed by atoms with Crippen molar-refractivity contribution in [1.82, 2.24) is 14.8 Å². The third-order valence-corrected chi connectivity index (χ3v) is 4.32. The van der Waals surface area contributed by atoms with Gasteiger partial charge in [0.25, 0.3) is 0 Å². The number of hydrogen-bond donors (Lipinski definition) is 1. The molecule has 6 heteroatoms. The van der Waals surface area contributed by atoms with E-state index in [9.17, 15) is 0 Å². The van der Waals surface area contributed by atoms with Crippen molar-refractivity contribution in [2.24, 2.45) is 5.73 Å². The Labute approximate surface area is 112 Å². The second-order valence-electron chi connectivity index (χ2n) is 3.97. The summed E-state index contributed by atoms with van der Waals surface area (Å²) in [6.07, 6.45) is 1.21. The van der Waals surface area contributed by atoms with Crippen molar-refractivity contribution in [3.05, 3.63) is 5.82 Å². The molecule has 0 atom stereocenters. The molecule has 0 spiro atoms. The van der Waals surface area contributed by atoms with E-state index in [2.05, 4.69) is 35.5 Å². The molecule has 0 unspecified atom stereocenters. The van der Waals surface area contributed by atoms with Gasteiger partial charge in [-0.05, 0) is 31.8 Å². The van der Waals surface area contributed by atoms with Crippen LogP contribution in [-0.2, 0) is 6.54 Å². The molecule has 1 aromatic rings. The van der Waals surface area contributed by atoms with Crippen LogP contribution in [0.25, 0.3) is 0 Å². The molecule has 0 saturated heterocycles. The molecule has 0 aliphatic carbocycles. The van der Waals surface area contributed by atoms with Gasteiger partial charge in [0.2, 0.25) is 0 Å². The van der Waals surface area contributed by atoms with E-state index in [-0.39, 0.29) is 0 Å². The zero-order valence-corrected chi connectivity index (χ0v) is 12.5. The minimum Gasteiger partial charge on any atom is -0.324 e. The van der Waals surface area contributed by atoms with Gasteiger partial charge in [-0.3, -0.25) is 0 Å². The van der Waals surface area contributed by atoms with E-state index in [1.807, 2.05) is 11.8 Å². The lowest BCUT2D eigenvalue weighted by Gasteiger charge is -2.12. The fourth-order valence-corrected chi connectivity index (χ4v) is 3.38. The van der Waals surface area contributed by atoms with Crippen molar-refractivity contribution in [2.45, 2.75) is 44.9 Å². The minimum atomic E-state index is 0.371. The lowest BCUT2D eigenvalue weighted by molar-refractivity contribution is 0.526. The highest BCUT2D eigenvalue weighted by Gasteiger charge is 2.13. The molecule has 0 saturated carbocycles. The number of hydrogen-bond acceptors (Lipinski definition) is 5. The Hall–Kier alpha value is -0.200. The predicted molar refractivity (Wildman–Crippen MR) is 76.6 cm³/mol. The Morgan fingerprint density at radius 1 is 1.29 bits per heavy atom. The van der Waals surface area contributed by atoms with Gasteiger partial charge in [-0.25, -0.2) is 0 Å². The fraction of sp³-hybridized carbons (Fsp3) is 0.818. The van der Waals surface area contributed by atoms with E-state index in [4.69, 9.17) is 5.73 Å². The van der Waals surface area contributed by atoms with Crippen molar-refractivity contribution in [1.29, 1.82) is 0 Å². The first-order valence-electron chi connectivity index (χ1n) is 6.05. The van der Waals surface area contributed by atoms with E-state index in [1.54, 1.807) is 11.8 Å². The highest BCUT2D eigenvalue weighted by molar-refractivity contribution is 8.00. The maximum absolute atomic E-state index is 5.66. The molecule has 1 aromatic heterocycles. The molecule has 0 aliphatic heterocycles. The molecule has 0 fully saturated rings. The van der Waals surface area contributed by atoms with Gasteiger partial charge in [0.15, 0.2) is 5.16 Å². The molecule has 0 aromatic carbocycles. The number of nitrogens with zero attached hydrogens (tertiary/aromatic N) is 3. The molecule has 17 heavy (non-hydrogen) atoms. The van der Waals surface area contributed by atoms with Gasteiger partial charge in [0.05, 0.1) is 6.54 Å². The lowest BCUT2D eigenvalue weighted by atomic mass is 10.4. The summed E-state index contributed by atoms with van der Waals surface area (Å²) in [6, 6.07) is 0.371. The van der Waals surface area contributed by atoms with E-state index >= 15 is 0 Å². The van der Waals surface area contributed by atoms with Crippen LogP contribution in [0.4, 0.5) is 0 Å². The van der Waals surface area contributed by atoms with Crippen LogP contribution in [0.2, 0.25) is 0 Å². The Morgan fingerprint density at radius 3 is 2.65 bits per heavy atom. The van der Waals surface area contributed by atoms with Gasteiger partial charge in [0.1, 0.15) is 5.82 Å². The lowest BCUT2D eigenvalue weighted by Crippen LogP contribution is -2.11. The number of aromatic nitrogens is 3. The Balaban J connectivity index is 2.50. The van der Waals surface area contributed by atoms with Gasteiger partial charge in [-0.1, -0.05) is 18.7 Å². The third kappa shape index (κ3) is 4.52. The smallest absolute Gasteiger partial charge is 0.191 e. The second-order valence-corrected chi connectivity index (χ2v) is 6.42. The zero-order valence-electron chi connectivity index (χ0n) is 10.8. The van der Waals surface area contributed by atoms with Crippen molar-refractivity contribution >= 4 is 23.5 Å². The monoisotopic (exact) mass is 274 g/mol. The summed E-state index contributed by atoms with van der Waals surface area (Å²) in [7, 11) is 0. The van der Waals surface area contributed by atoms with E-state index in [0.29, 0.717) is 12.6 Å². The molecule has 0 radical (unpaired) electrons. The molecule has 1 rings (SSSR count). The standard InChI is InChI=1S/C11H22N4S2/c1-4-16-6-5-7-17-11-14-13-10(8-12)15(11)9(2)3/h9H,4-8,12H2,1-3H3. The fourth-order valence-electron chi connectivity index (χ4n) is 1.53. The molecular formula is C11H22N4S2. The molecule has 0 bridgehead atoms. The Morgan fingerprint density at radius 2 is 2.06 bits per heavy atom. The van der Waals surface area contributed by atoms with Crippen LogP contribution in [0.3, 0.4) is 0 Å². The largest absolute Gasteiger partial charge is 0.324 e. The first-order chi connectivity index (χ1) is 8.20. The second kappa shape index (κ2) is 8.00. The van der Waals surface area contributed by atoms with Crippen LogP contribution < -0.4 is 5.73 Å². The predicted octanol–water partition coefficient (Wildman–Crippen LogP) is 2.55. The Kier molecular flexibility index (Phi) is 6.99. The highest BCUT2D eigenvalue weighted by Crippen LogP contribution is 2.22. The molecule has 4 nitrogen and oxygen atoms in total. The molecule has 1 heterocycles. The molecule has 0 amide bonds. The maximum atomic E-state index is 5.66. The first-order valence-corrected chi connectivity index (χ1v) is 8.19. The number of nitrogens with two attached hydrogens (primary N) is 1. The van der Waals surface area contributed by atoms with Crippen LogP contribution in [0, 0.1) is 0 Å². The molecule has 98 valence electrons. The van der Waals surface area contributed by atoms with Crippen LogP contribution in [0.5, 0.6) is 0 Å². The van der Waals surface area contributed by atoms with Crippen molar-refractivity contribution in [3.63, 3.8) is 0 Å². The van der Waals surface area contributed by atoms with Crippen LogP contribution in [0.15, 0.2) is 5.16 Å². The SMILES string of the molecule is CCSCCCSc1nnc(CN)n1C(C)C. The van der Waals surface area contributed by atoms with Gasteiger partial charge in [0, 0.05) is 11.8 Å². The van der Waals surface area contributed by atoms with E-state index in [0.717, 1.165) is 16.7 Å². The summed E-state index contributed by atoms with van der Waals surface area (Å²) < 4.78 is 2.14.